The number of nitrogens with one attached hydrogen (secondary N) is 2. The highest BCUT2D eigenvalue weighted by atomic mass is 16.5. The van der Waals surface area contributed by atoms with Gasteiger partial charge in [0.1, 0.15) is 0 Å². The molecule has 1 atom stereocenters. The Morgan fingerprint density at radius 1 is 1.40 bits per heavy atom. The maximum absolute atomic E-state index is 11.7. The molecule has 0 bridgehead atoms. The van der Waals surface area contributed by atoms with Crippen molar-refractivity contribution < 1.29 is 9.53 Å². The van der Waals surface area contributed by atoms with E-state index in [0.29, 0.717) is 19.1 Å². The molecule has 2 rings (SSSR count). The van der Waals surface area contributed by atoms with Crippen LogP contribution in [0.2, 0.25) is 0 Å². The average molecular weight is 212 g/mol. The van der Waals surface area contributed by atoms with E-state index < -0.39 is 0 Å². The lowest BCUT2D eigenvalue weighted by Crippen LogP contribution is -2.45. The van der Waals surface area contributed by atoms with Gasteiger partial charge in [0, 0.05) is 25.0 Å². The second-order valence-corrected chi connectivity index (χ2v) is 4.48. The summed E-state index contributed by atoms with van der Waals surface area (Å²) in [4.78, 5) is 11.7. The standard InChI is InChI=1S/C11H20N2O2/c14-11(13-9-3-1-2-4-9)7-10-8-15-6-5-12-10/h9-10,12H,1-8H2,(H,13,14). The lowest BCUT2D eigenvalue weighted by atomic mass is 10.1. The second-order valence-electron chi connectivity index (χ2n) is 4.48. The molecule has 1 saturated heterocycles. The maximum Gasteiger partial charge on any atom is 0.221 e. The van der Waals surface area contributed by atoms with Crippen molar-refractivity contribution in [1.82, 2.24) is 10.6 Å². The summed E-state index contributed by atoms with van der Waals surface area (Å²) in [6.07, 6.45) is 5.38. The van der Waals surface area contributed by atoms with Crippen LogP contribution < -0.4 is 10.6 Å². The molecule has 0 aromatic carbocycles. The highest BCUT2D eigenvalue weighted by molar-refractivity contribution is 5.76. The van der Waals surface area contributed by atoms with Gasteiger partial charge in [-0.05, 0) is 12.8 Å². The van der Waals surface area contributed by atoms with Crippen molar-refractivity contribution in [1.29, 1.82) is 0 Å². The zero-order chi connectivity index (χ0) is 10.5. The minimum atomic E-state index is 0.171. The Balaban J connectivity index is 1.66. The third-order valence-electron chi connectivity index (χ3n) is 3.15. The molecule has 86 valence electrons. The lowest BCUT2D eigenvalue weighted by Gasteiger charge is -2.24. The molecule has 0 aromatic rings. The van der Waals surface area contributed by atoms with Gasteiger partial charge >= 0.3 is 0 Å². The number of rotatable bonds is 3. The van der Waals surface area contributed by atoms with E-state index in [0.717, 1.165) is 26.0 Å². The fraction of sp³-hybridized carbons (Fsp3) is 0.909. The van der Waals surface area contributed by atoms with Gasteiger partial charge in [0.05, 0.1) is 13.2 Å². The third-order valence-corrected chi connectivity index (χ3v) is 3.15. The molecule has 15 heavy (non-hydrogen) atoms. The quantitative estimate of drug-likeness (QED) is 0.713. The van der Waals surface area contributed by atoms with Gasteiger partial charge in [-0.15, -0.1) is 0 Å². The van der Waals surface area contributed by atoms with Crippen LogP contribution in [0.15, 0.2) is 0 Å². The second kappa shape index (κ2) is 5.47. The van der Waals surface area contributed by atoms with Crippen LogP contribution in [0.1, 0.15) is 32.1 Å². The Morgan fingerprint density at radius 3 is 2.87 bits per heavy atom. The highest BCUT2D eigenvalue weighted by Crippen LogP contribution is 2.17. The Kier molecular flexibility index (Phi) is 3.97. The molecule has 2 fully saturated rings. The average Bonchev–Trinajstić information content (AvgIpc) is 2.71. The van der Waals surface area contributed by atoms with Gasteiger partial charge in [-0.3, -0.25) is 4.79 Å². The first-order valence-electron chi connectivity index (χ1n) is 5.95. The van der Waals surface area contributed by atoms with Crippen LogP contribution in [0, 0.1) is 0 Å². The molecule has 2 N–H and O–H groups in total. The normalized spacial score (nSPS) is 27.9. The largest absolute Gasteiger partial charge is 0.378 e. The molecule has 2 aliphatic rings. The van der Waals surface area contributed by atoms with E-state index in [9.17, 15) is 4.79 Å². The number of hydrogen-bond donors (Lipinski definition) is 2. The van der Waals surface area contributed by atoms with Gasteiger partial charge in [0.25, 0.3) is 0 Å². The van der Waals surface area contributed by atoms with Crippen LogP contribution in [-0.4, -0.2) is 37.7 Å². The van der Waals surface area contributed by atoms with Crippen LogP contribution >= 0.6 is 0 Å². The maximum atomic E-state index is 11.7. The number of carbonyl (C=O) groups excluding carboxylic acids is 1. The molecule has 4 heteroatoms. The van der Waals surface area contributed by atoms with Gasteiger partial charge in [-0.2, -0.15) is 0 Å². The molecule has 0 aromatic heterocycles. The van der Waals surface area contributed by atoms with Gasteiger partial charge in [0.15, 0.2) is 0 Å². The van der Waals surface area contributed by atoms with E-state index in [-0.39, 0.29) is 11.9 Å². The predicted octanol–water partition coefficient (Wildman–Crippen LogP) is 0.424. The van der Waals surface area contributed by atoms with Crippen molar-refractivity contribution in [3.05, 3.63) is 0 Å². The predicted molar refractivity (Wildman–Crippen MR) is 57.6 cm³/mol. The van der Waals surface area contributed by atoms with Gasteiger partial charge in [-0.25, -0.2) is 0 Å². The van der Waals surface area contributed by atoms with E-state index >= 15 is 0 Å². The molecule has 4 nitrogen and oxygen atoms in total. The zero-order valence-corrected chi connectivity index (χ0v) is 9.13. The lowest BCUT2D eigenvalue weighted by molar-refractivity contribution is -0.122. The summed E-state index contributed by atoms with van der Waals surface area (Å²) in [7, 11) is 0. The first-order chi connectivity index (χ1) is 7.34. The summed E-state index contributed by atoms with van der Waals surface area (Å²) in [5.74, 6) is 0.171. The first-order valence-corrected chi connectivity index (χ1v) is 5.95. The van der Waals surface area contributed by atoms with Crippen molar-refractivity contribution >= 4 is 5.91 Å². The summed E-state index contributed by atoms with van der Waals surface area (Å²) in [5.41, 5.74) is 0. The van der Waals surface area contributed by atoms with E-state index in [1.165, 1.54) is 12.8 Å². The molecule has 1 amide bonds. The number of hydrogen-bond acceptors (Lipinski definition) is 3. The molecule has 1 unspecified atom stereocenters. The number of ether oxygens (including phenoxy) is 1. The van der Waals surface area contributed by atoms with Crippen LogP contribution in [0.25, 0.3) is 0 Å². The van der Waals surface area contributed by atoms with E-state index in [1.807, 2.05) is 0 Å². The summed E-state index contributed by atoms with van der Waals surface area (Å²) < 4.78 is 5.31. The summed E-state index contributed by atoms with van der Waals surface area (Å²) in [6.45, 7) is 2.29. The van der Waals surface area contributed by atoms with E-state index in [1.54, 1.807) is 0 Å². The summed E-state index contributed by atoms with van der Waals surface area (Å²) >= 11 is 0. The monoisotopic (exact) mass is 212 g/mol. The number of amides is 1. The minimum Gasteiger partial charge on any atom is -0.378 e. The van der Waals surface area contributed by atoms with Crippen molar-refractivity contribution in [2.75, 3.05) is 19.8 Å². The van der Waals surface area contributed by atoms with Crippen LogP contribution in [0.5, 0.6) is 0 Å². The molecule has 1 aliphatic heterocycles. The first kappa shape index (κ1) is 10.9. The fourth-order valence-electron chi connectivity index (χ4n) is 2.33. The molecule has 1 heterocycles. The number of morpholine rings is 1. The molecule has 1 aliphatic carbocycles. The Hall–Kier alpha value is -0.610. The van der Waals surface area contributed by atoms with Crippen LogP contribution in [0.3, 0.4) is 0 Å². The SMILES string of the molecule is O=C(CC1COCCN1)NC1CCCC1. The Bertz CT molecular complexity index is 209. The molecular weight excluding hydrogens is 192 g/mol. The van der Waals surface area contributed by atoms with Crippen molar-refractivity contribution in [2.24, 2.45) is 0 Å². The van der Waals surface area contributed by atoms with Gasteiger partial charge in [-0.1, -0.05) is 12.8 Å². The molecule has 1 saturated carbocycles. The van der Waals surface area contributed by atoms with Crippen LogP contribution in [0.4, 0.5) is 0 Å². The summed E-state index contributed by atoms with van der Waals surface area (Å²) in [6, 6.07) is 0.641. The zero-order valence-electron chi connectivity index (χ0n) is 9.13. The minimum absolute atomic E-state index is 0.171. The van der Waals surface area contributed by atoms with Gasteiger partial charge in [0.2, 0.25) is 5.91 Å². The van der Waals surface area contributed by atoms with Crippen molar-refractivity contribution in [2.45, 2.75) is 44.2 Å². The van der Waals surface area contributed by atoms with Crippen molar-refractivity contribution in [3.63, 3.8) is 0 Å². The van der Waals surface area contributed by atoms with E-state index in [4.69, 9.17) is 4.74 Å². The Labute approximate surface area is 90.8 Å². The smallest absolute Gasteiger partial charge is 0.221 e. The van der Waals surface area contributed by atoms with Crippen molar-refractivity contribution in [3.8, 4) is 0 Å². The van der Waals surface area contributed by atoms with Gasteiger partial charge < -0.3 is 15.4 Å². The van der Waals surface area contributed by atoms with E-state index in [2.05, 4.69) is 10.6 Å². The molecule has 0 radical (unpaired) electrons. The molecular formula is C11H20N2O2. The fourth-order valence-corrected chi connectivity index (χ4v) is 2.33. The topological polar surface area (TPSA) is 50.4 Å². The highest BCUT2D eigenvalue weighted by Gasteiger charge is 2.20. The summed E-state index contributed by atoms with van der Waals surface area (Å²) in [5, 5.41) is 6.38. The Morgan fingerprint density at radius 2 is 2.20 bits per heavy atom. The number of carbonyl (C=O) groups is 1. The third kappa shape index (κ3) is 3.47. The van der Waals surface area contributed by atoms with Crippen LogP contribution in [-0.2, 0) is 9.53 Å². The molecule has 0 spiro atoms.